The Balaban J connectivity index is 1.89. The fraction of sp³-hybridized carbons (Fsp3) is 0.0909. The lowest BCUT2D eigenvalue weighted by Crippen LogP contribution is -2.38. The molecule has 0 aliphatic carbocycles. The molecule has 0 radical (unpaired) electrons. The Kier molecular flexibility index (Phi) is 7.40. The first kappa shape index (κ1) is 23.6. The maximum atomic E-state index is 13.3. The van der Waals surface area contributed by atoms with E-state index in [1.807, 2.05) is 0 Å². The van der Waals surface area contributed by atoms with Crippen LogP contribution in [0.25, 0.3) is 0 Å². The SMILES string of the molecule is COC(=O)c1ccc(NC(=O)CN(c2ccc(Cl)c(Cl)c2)S(=O)(=O)c2ccccc2)cc1. The number of sulfonamides is 1. The van der Waals surface area contributed by atoms with Crippen molar-refractivity contribution in [1.82, 2.24) is 0 Å². The van der Waals surface area contributed by atoms with E-state index in [4.69, 9.17) is 23.2 Å². The lowest BCUT2D eigenvalue weighted by molar-refractivity contribution is -0.114. The quantitative estimate of drug-likeness (QED) is 0.485. The number of carbonyl (C=O) groups is 2. The Hall–Kier alpha value is -3.07. The van der Waals surface area contributed by atoms with Gasteiger partial charge in [0.05, 0.1) is 33.3 Å². The Bertz CT molecular complexity index is 1230. The van der Waals surface area contributed by atoms with Crippen molar-refractivity contribution >= 4 is 56.5 Å². The smallest absolute Gasteiger partial charge is 0.337 e. The van der Waals surface area contributed by atoms with Crippen LogP contribution in [0.1, 0.15) is 10.4 Å². The van der Waals surface area contributed by atoms with Crippen LogP contribution in [0.4, 0.5) is 11.4 Å². The molecule has 0 saturated carbocycles. The second-order valence-corrected chi connectivity index (χ2v) is 9.22. The molecule has 0 aromatic heterocycles. The van der Waals surface area contributed by atoms with Gasteiger partial charge in [-0.2, -0.15) is 0 Å². The summed E-state index contributed by atoms with van der Waals surface area (Å²) < 4.78 is 32.2. The van der Waals surface area contributed by atoms with E-state index in [0.717, 1.165) is 4.31 Å². The summed E-state index contributed by atoms with van der Waals surface area (Å²) in [5.74, 6) is -1.11. The Morgan fingerprint density at radius 1 is 0.938 bits per heavy atom. The molecule has 7 nitrogen and oxygen atoms in total. The van der Waals surface area contributed by atoms with E-state index in [1.54, 1.807) is 18.2 Å². The van der Waals surface area contributed by atoms with Crippen molar-refractivity contribution in [3.8, 4) is 0 Å². The first-order valence-electron chi connectivity index (χ1n) is 9.23. The molecule has 1 amide bonds. The molecule has 0 aliphatic heterocycles. The monoisotopic (exact) mass is 492 g/mol. The summed E-state index contributed by atoms with van der Waals surface area (Å²) in [5, 5.41) is 3.02. The molecule has 0 atom stereocenters. The van der Waals surface area contributed by atoms with Gasteiger partial charge in [0.15, 0.2) is 0 Å². The molecule has 0 unspecified atom stereocenters. The maximum Gasteiger partial charge on any atom is 0.337 e. The Morgan fingerprint density at radius 3 is 2.19 bits per heavy atom. The highest BCUT2D eigenvalue weighted by molar-refractivity contribution is 7.92. The number of amides is 1. The number of methoxy groups -OCH3 is 1. The third-order valence-electron chi connectivity index (χ3n) is 4.40. The van der Waals surface area contributed by atoms with Gasteiger partial charge in [-0.25, -0.2) is 13.2 Å². The number of anilines is 2. The van der Waals surface area contributed by atoms with E-state index >= 15 is 0 Å². The fourth-order valence-corrected chi connectivity index (χ4v) is 4.54. The van der Waals surface area contributed by atoms with Crippen molar-refractivity contribution in [3.63, 3.8) is 0 Å². The number of hydrogen-bond donors (Lipinski definition) is 1. The average molecular weight is 493 g/mol. The van der Waals surface area contributed by atoms with Crippen molar-refractivity contribution in [1.29, 1.82) is 0 Å². The number of nitrogens with one attached hydrogen (secondary N) is 1. The van der Waals surface area contributed by atoms with E-state index in [-0.39, 0.29) is 20.6 Å². The van der Waals surface area contributed by atoms with Gasteiger partial charge in [-0.15, -0.1) is 0 Å². The third kappa shape index (κ3) is 5.40. The standard InChI is InChI=1S/C22H18Cl2N2O5S/c1-31-22(28)15-7-9-16(10-8-15)25-21(27)14-26(17-11-12-19(23)20(24)13-17)32(29,30)18-5-3-2-4-6-18/h2-13H,14H2,1H3,(H,25,27). The number of benzene rings is 3. The summed E-state index contributed by atoms with van der Waals surface area (Å²) in [7, 11) is -2.82. The number of halogens is 2. The molecule has 10 heteroatoms. The minimum atomic E-state index is -4.08. The van der Waals surface area contributed by atoms with Gasteiger partial charge in [-0.1, -0.05) is 41.4 Å². The zero-order valence-corrected chi connectivity index (χ0v) is 19.1. The van der Waals surface area contributed by atoms with E-state index in [2.05, 4.69) is 10.1 Å². The minimum absolute atomic E-state index is 0.0151. The van der Waals surface area contributed by atoms with Crippen LogP contribution in [-0.4, -0.2) is 33.9 Å². The average Bonchev–Trinajstić information content (AvgIpc) is 2.80. The second kappa shape index (κ2) is 10.0. The molecule has 0 aliphatic rings. The third-order valence-corrected chi connectivity index (χ3v) is 6.93. The number of carbonyl (C=O) groups excluding carboxylic acids is 2. The molecule has 0 fully saturated rings. The Labute approximate surface area is 195 Å². The fourth-order valence-electron chi connectivity index (χ4n) is 2.81. The van der Waals surface area contributed by atoms with Crippen LogP contribution in [-0.2, 0) is 19.6 Å². The lowest BCUT2D eigenvalue weighted by atomic mass is 10.2. The van der Waals surface area contributed by atoms with Crippen LogP contribution >= 0.6 is 23.2 Å². The van der Waals surface area contributed by atoms with Crippen molar-refractivity contribution in [2.75, 3.05) is 23.3 Å². The Morgan fingerprint density at radius 2 is 1.59 bits per heavy atom. The minimum Gasteiger partial charge on any atom is -0.465 e. The van der Waals surface area contributed by atoms with Gasteiger partial charge in [0.25, 0.3) is 10.0 Å². The van der Waals surface area contributed by atoms with Gasteiger partial charge in [-0.3, -0.25) is 9.10 Å². The number of ether oxygens (including phenoxy) is 1. The van der Waals surface area contributed by atoms with Gasteiger partial charge in [0.1, 0.15) is 6.54 Å². The van der Waals surface area contributed by atoms with Gasteiger partial charge in [-0.05, 0) is 54.6 Å². The molecule has 1 N–H and O–H groups in total. The van der Waals surface area contributed by atoms with E-state index in [9.17, 15) is 18.0 Å². The zero-order chi connectivity index (χ0) is 23.3. The van der Waals surface area contributed by atoms with Gasteiger partial charge < -0.3 is 10.1 Å². The van der Waals surface area contributed by atoms with Crippen LogP contribution in [0.15, 0.2) is 77.7 Å². The van der Waals surface area contributed by atoms with Crippen molar-refractivity contribution in [2.24, 2.45) is 0 Å². The summed E-state index contributed by atoms with van der Waals surface area (Å²) >= 11 is 12.0. The molecular formula is C22H18Cl2N2O5S. The molecule has 3 rings (SSSR count). The van der Waals surface area contributed by atoms with E-state index in [0.29, 0.717) is 11.3 Å². The first-order chi connectivity index (χ1) is 15.2. The highest BCUT2D eigenvalue weighted by atomic mass is 35.5. The lowest BCUT2D eigenvalue weighted by Gasteiger charge is -2.24. The summed E-state index contributed by atoms with van der Waals surface area (Å²) in [6, 6.07) is 18.0. The van der Waals surface area contributed by atoms with Crippen LogP contribution in [0, 0.1) is 0 Å². The van der Waals surface area contributed by atoms with Gasteiger partial charge >= 0.3 is 5.97 Å². The molecule has 166 valence electrons. The highest BCUT2D eigenvalue weighted by Gasteiger charge is 2.27. The second-order valence-electron chi connectivity index (χ2n) is 6.54. The summed E-state index contributed by atoms with van der Waals surface area (Å²) in [6.07, 6.45) is 0. The molecular weight excluding hydrogens is 475 g/mol. The highest BCUT2D eigenvalue weighted by Crippen LogP contribution is 2.30. The van der Waals surface area contributed by atoms with Gasteiger partial charge in [0, 0.05) is 5.69 Å². The van der Waals surface area contributed by atoms with E-state index in [1.165, 1.54) is 61.7 Å². The van der Waals surface area contributed by atoms with Crippen molar-refractivity contribution < 1.29 is 22.7 Å². The van der Waals surface area contributed by atoms with E-state index < -0.39 is 28.4 Å². The van der Waals surface area contributed by atoms with Crippen molar-refractivity contribution in [2.45, 2.75) is 4.90 Å². The number of esters is 1. The van der Waals surface area contributed by atoms with Crippen LogP contribution in [0.2, 0.25) is 10.0 Å². The zero-order valence-electron chi connectivity index (χ0n) is 16.8. The largest absolute Gasteiger partial charge is 0.465 e. The predicted octanol–water partition coefficient (Wildman–Crippen LogP) is 4.61. The molecule has 0 bridgehead atoms. The molecule has 3 aromatic carbocycles. The van der Waals surface area contributed by atoms with Crippen LogP contribution in [0.5, 0.6) is 0 Å². The topological polar surface area (TPSA) is 92.8 Å². The van der Waals surface area contributed by atoms with Crippen LogP contribution < -0.4 is 9.62 Å². The van der Waals surface area contributed by atoms with Gasteiger partial charge in [0.2, 0.25) is 5.91 Å². The summed E-state index contributed by atoms with van der Waals surface area (Å²) in [4.78, 5) is 24.3. The number of nitrogens with zero attached hydrogens (tertiary/aromatic N) is 1. The first-order valence-corrected chi connectivity index (χ1v) is 11.4. The maximum absolute atomic E-state index is 13.3. The molecule has 0 spiro atoms. The van der Waals surface area contributed by atoms with Crippen molar-refractivity contribution in [3.05, 3.63) is 88.4 Å². The molecule has 32 heavy (non-hydrogen) atoms. The number of hydrogen-bond acceptors (Lipinski definition) is 5. The normalized spacial score (nSPS) is 11.0. The number of rotatable bonds is 7. The molecule has 0 heterocycles. The summed E-state index contributed by atoms with van der Waals surface area (Å²) in [6.45, 7) is -0.520. The van der Waals surface area contributed by atoms with Crippen LogP contribution in [0.3, 0.4) is 0 Å². The summed E-state index contributed by atoms with van der Waals surface area (Å²) in [5.41, 5.74) is 0.878. The molecule has 3 aromatic rings. The molecule has 0 saturated heterocycles. The predicted molar refractivity (Wildman–Crippen MR) is 124 cm³/mol.